The minimum atomic E-state index is -3.87. The van der Waals surface area contributed by atoms with Crippen molar-refractivity contribution in [3.8, 4) is 17.2 Å². The van der Waals surface area contributed by atoms with Crippen molar-refractivity contribution >= 4 is 38.2 Å². The third-order valence-corrected chi connectivity index (χ3v) is 7.02. The van der Waals surface area contributed by atoms with Gasteiger partial charge in [0.25, 0.3) is 10.0 Å². The molecular formula is C23H21ClN2O4S. The first-order chi connectivity index (χ1) is 14.7. The molecule has 31 heavy (non-hydrogen) atoms. The Labute approximate surface area is 185 Å². The van der Waals surface area contributed by atoms with E-state index in [2.05, 4.69) is 4.72 Å². The molecule has 0 saturated carbocycles. The van der Waals surface area contributed by atoms with E-state index in [1.165, 1.54) is 25.3 Å². The van der Waals surface area contributed by atoms with Crippen LogP contribution in [0.5, 0.6) is 11.5 Å². The zero-order valence-corrected chi connectivity index (χ0v) is 18.8. The van der Waals surface area contributed by atoms with Crippen molar-refractivity contribution < 1.29 is 18.3 Å². The molecule has 1 heterocycles. The maximum absolute atomic E-state index is 12.9. The van der Waals surface area contributed by atoms with Gasteiger partial charge in [0, 0.05) is 11.1 Å². The lowest BCUT2D eigenvalue weighted by atomic mass is 10.2. The van der Waals surface area contributed by atoms with Crippen LogP contribution in [0, 0.1) is 13.8 Å². The summed E-state index contributed by atoms with van der Waals surface area (Å²) in [4.78, 5) is 0.0810. The normalized spacial score (nSPS) is 11.6. The Kier molecular flexibility index (Phi) is 5.33. The van der Waals surface area contributed by atoms with Crippen LogP contribution in [0.25, 0.3) is 16.6 Å². The number of rotatable bonds is 5. The molecule has 0 atom stereocenters. The molecule has 2 N–H and O–H groups in total. The maximum Gasteiger partial charge on any atom is 0.261 e. The number of ether oxygens (including phenoxy) is 1. The van der Waals surface area contributed by atoms with E-state index in [1.807, 2.05) is 42.7 Å². The number of aromatic nitrogens is 1. The fraction of sp³-hybridized carbons (Fsp3) is 0.130. The molecule has 0 amide bonds. The van der Waals surface area contributed by atoms with Crippen LogP contribution in [0.1, 0.15) is 11.3 Å². The molecule has 0 aliphatic rings. The number of benzene rings is 3. The summed E-state index contributed by atoms with van der Waals surface area (Å²) in [6.45, 7) is 3.94. The highest BCUT2D eigenvalue weighted by Gasteiger charge is 2.20. The Morgan fingerprint density at radius 3 is 2.39 bits per heavy atom. The van der Waals surface area contributed by atoms with Crippen molar-refractivity contribution in [3.63, 3.8) is 0 Å². The van der Waals surface area contributed by atoms with Gasteiger partial charge in [0.1, 0.15) is 5.75 Å². The Balaban J connectivity index is 1.82. The van der Waals surface area contributed by atoms with Crippen molar-refractivity contribution in [3.05, 3.63) is 76.9 Å². The highest BCUT2D eigenvalue weighted by atomic mass is 35.5. The molecule has 4 aromatic rings. The van der Waals surface area contributed by atoms with E-state index < -0.39 is 10.0 Å². The van der Waals surface area contributed by atoms with Gasteiger partial charge in [-0.15, -0.1) is 0 Å². The van der Waals surface area contributed by atoms with Crippen LogP contribution in [0.2, 0.25) is 5.02 Å². The summed E-state index contributed by atoms with van der Waals surface area (Å²) in [5, 5.41) is 11.8. The lowest BCUT2D eigenvalue weighted by Crippen LogP contribution is -2.13. The number of fused-ring (bicyclic) bond motifs is 1. The molecule has 0 aliphatic carbocycles. The molecular weight excluding hydrogens is 436 g/mol. The number of halogens is 1. The Morgan fingerprint density at radius 2 is 1.71 bits per heavy atom. The largest absolute Gasteiger partial charge is 0.504 e. The number of phenols is 1. The van der Waals surface area contributed by atoms with Crippen LogP contribution in [-0.4, -0.2) is 25.2 Å². The first kappa shape index (κ1) is 21.1. The van der Waals surface area contributed by atoms with Gasteiger partial charge in [-0.1, -0.05) is 29.8 Å². The van der Waals surface area contributed by atoms with E-state index in [0.717, 1.165) is 22.2 Å². The van der Waals surface area contributed by atoms with Crippen LogP contribution in [0.15, 0.2) is 65.6 Å². The summed E-state index contributed by atoms with van der Waals surface area (Å²) in [5.74, 6) is 0.428. The zero-order valence-electron chi connectivity index (χ0n) is 17.2. The number of nitrogens with zero attached hydrogens (tertiary/aromatic N) is 1. The average molecular weight is 457 g/mol. The summed E-state index contributed by atoms with van der Waals surface area (Å²) in [6.07, 6.45) is 0. The second-order valence-corrected chi connectivity index (χ2v) is 9.26. The highest BCUT2D eigenvalue weighted by molar-refractivity contribution is 7.92. The number of hydrogen-bond acceptors (Lipinski definition) is 4. The third kappa shape index (κ3) is 3.71. The van der Waals surface area contributed by atoms with E-state index in [4.69, 9.17) is 16.3 Å². The lowest BCUT2D eigenvalue weighted by Gasteiger charge is -2.15. The molecule has 0 fully saturated rings. The molecule has 6 nitrogen and oxygen atoms in total. The number of aromatic hydroxyl groups is 1. The number of anilines is 1. The number of aryl methyl sites for hydroxylation is 1. The molecule has 0 spiro atoms. The summed E-state index contributed by atoms with van der Waals surface area (Å²) < 4.78 is 35.2. The molecule has 1 aromatic heterocycles. The molecule has 0 radical (unpaired) electrons. The lowest BCUT2D eigenvalue weighted by molar-refractivity contribution is 0.414. The molecule has 0 unspecified atom stereocenters. The van der Waals surface area contributed by atoms with Gasteiger partial charge in [0.2, 0.25) is 0 Å². The molecule has 160 valence electrons. The number of phenolic OH excluding ortho intramolecular Hbond substituents is 1. The minimum Gasteiger partial charge on any atom is -0.504 e. The SMILES string of the molecule is COc1ccc(S(=O)(=O)Nc2cc(Cl)c(O)c(-n3c(C)c(C)c4ccccc43)c2)cc1. The molecule has 8 heteroatoms. The smallest absolute Gasteiger partial charge is 0.261 e. The summed E-state index contributed by atoms with van der Waals surface area (Å²) in [5.41, 5.74) is 3.50. The quantitative estimate of drug-likeness (QED) is 0.393. The number of methoxy groups -OCH3 is 1. The van der Waals surface area contributed by atoms with Gasteiger partial charge in [-0.3, -0.25) is 4.72 Å². The fourth-order valence-corrected chi connectivity index (χ4v) is 4.88. The highest BCUT2D eigenvalue weighted by Crippen LogP contribution is 2.38. The van der Waals surface area contributed by atoms with Gasteiger partial charge in [-0.2, -0.15) is 0 Å². The maximum atomic E-state index is 12.9. The summed E-state index contributed by atoms with van der Waals surface area (Å²) >= 11 is 6.28. The van der Waals surface area contributed by atoms with E-state index in [9.17, 15) is 13.5 Å². The van der Waals surface area contributed by atoms with Gasteiger partial charge in [0.05, 0.1) is 33.9 Å². The van der Waals surface area contributed by atoms with Crippen molar-refractivity contribution in [2.24, 2.45) is 0 Å². The van der Waals surface area contributed by atoms with E-state index in [-0.39, 0.29) is 21.4 Å². The van der Waals surface area contributed by atoms with Crippen molar-refractivity contribution in [2.75, 3.05) is 11.8 Å². The first-order valence-corrected chi connectivity index (χ1v) is 11.4. The number of para-hydroxylation sites is 1. The van der Waals surface area contributed by atoms with Crippen LogP contribution in [0.3, 0.4) is 0 Å². The number of sulfonamides is 1. The number of nitrogens with one attached hydrogen (secondary N) is 1. The summed E-state index contributed by atoms with van der Waals surface area (Å²) in [6, 6.07) is 16.8. The van der Waals surface area contributed by atoms with E-state index in [1.54, 1.807) is 18.2 Å². The molecule has 4 rings (SSSR count). The standard InChI is InChI=1S/C23H21ClN2O4S/c1-14-15(2)26(21-7-5-4-6-19(14)21)22-13-16(12-20(24)23(22)27)25-31(28,29)18-10-8-17(30-3)9-11-18/h4-13,25,27H,1-3H3. The Morgan fingerprint density at radius 1 is 1.03 bits per heavy atom. The zero-order chi connectivity index (χ0) is 22.3. The second kappa shape index (κ2) is 7.83. The molecule has 0 aliphatic heterocycles. The summed E-state index contributed by atoms with van der Waals surface area (Å²) in [7, 11) is -2.36. The Bertz CT molecular complexity index is 1390. The van der Waals surface area contributed by atoms with Crippen LogP contribution in [0.4, 0.5) is 5.69 Å². The van der Waals surface area contributed by atoms with Gasteiger partial charge in [-0.25, -0.2) is 8.42 Å². The van der Waals surface area contributed by atoms with Crippen molar-refractivity contribution in [1.29, 1.82) is 0 Å². The van der Waals surface area contributed by atoms with E-state index in [0.29, 0.717) is 11.4 Å². The van der Waals surface area contributed by atoms with Crippen LogP contribution < -0.4 is 9.46 Å². The van der Waals surface area contributed by atoms with Crippen LogP contribution in [-0.2, 0) is 10.0 Å². The van der Waals surface area contributed by atoms with Gasteiger partial charge in [0.15, 0.2) is 5.75 Å². The Hall–Kier alpha value is -3.16. The predicted octanol–water partition coefficient (Wildman–Crippen LogP) is 5.42. The van der Waals surface area contributed by atoms with E-state index >= 15 is 0 Å². The predicted molar refractivity (Wildman–Crippen MR) is 123 cm³/mol. The minimum absolute atomic E-state index is 0.0414. The fourth-order valence-electron chi connectivity index (χ4n) is 3.62. The van der Waals surface area contributed by atoms with Gasteiger partial charge >= 0.3 is 0 Å². The van der Waals surface area contributed by atoms with Crippen LogP contribution >= 0.6 is 11.6 Å². The second-order valence-electron chi connectivity index (χ2n) is 7.17. The van der Waals surface area contributed by atoms with Crippen molar-refractivity contribution in [2.45, 2.75) is 18.7 Å². The van der Waals surface area contributed by atoms with Crippen molar-refractivity contribution in [1.82, 2.24) is 4.57 Å². The topological polar surface area (TPSA) is 80.6 Å². The monoisotopic (exact) mass is 456 g/mol. The average Bonchev–Trinajstić information content (AvgIpc) is 3.01. The molecule has 3 aromatic carbocycles. The first-order valence-electron chi connectivity index (χ1n) is 9.49. The third-order valence-electron chi connectivity index (χ3n) is 5.33. The number of hydrogen-bond donors (Lipinski definition) is 2. The van der Waals surface area contributed by atoms with Gasteiger partial charge in [-0.05, 0) is 61.9 Å². The van der Waals surface area contributed by atoms with Gasteiger partial charge < -0.3 is 14.4 Å². The molecule has 0 saturated heterocycles. The molecule has 0 bridgehead atoms.